The number of nitrogens with one attached hydrogen (secondary N) is 1. The molecule has 0 atom stereocenters. The van der Waals surface area contributed by atoms with Crippen molar-refractivity contribution in [1.29, 1.82) is 0 Å². The summed E-state index contributed by atoms with van der Waals surface area (Å²) in [6.07, 6.45) is 3.77. The third-order valence-electron chi connectivity index (χ3n) is 6.18. The molecule has 1 amide bonds. The van der Waals surface area contributed by atoms with E-state index in [0.29, 0.717) is 12.1 Å². The maximum atomic E-state index is 13.3. The number of nitrogens with zero attached hydrogens (tertiary/aromatic N) is 4. The van der Waals surface area contributed by atoms with Gasteiger partial charge in [-0.2, -0.15) is 5.10 Å². The summed E-state index contributed by atoms with van der Waals surface area (Å²) in [5.41, 5.74) is 3.88. The number of carbonyl (C=O) groups excluding carboxylic acids is 1. The Morgan fingerprint density at radius 3 is 2.53 bits per heavy atom. The summed E-state index contributed by atoms with van der Waals surface area (Å²) in [4.78, 5) is 20.6. The zero-order valence-corrected chi connectivity index (χ0v) is 18.4. The molecule has 0 aliphatic carbocycles. The Labute approximate surface area is 178 Å². The van der Waals surface area contributed by atoms with Crippen molar-refractivity contribution in [2.24, 2.45) is 7.05 Å². The summed E-state index contributed by atoms with van der Waals surface area (Å²) in [6, 6.07) is 11.9. The highest BCUT2D eigenvalue weighted by atomic mass is 16.1. The standard InChI is InChI=1S/C24H31N5O/c1-17-21-19(23(30)25-16-24(2,3)29-13-9-6-10-14-29)15-20(18-11-7-5-8-12-18)26-22(21)28(4)27-17/h5,7-8,11-12,15H,6,9-10,13-14,16H2,1-4H3,(H,25,30). The summed E-state index contributed by atoms with van der Waals surface area (Å²) in [5, 5.41) is 8.54. The average Bonchev–Trinajstić information content (AvgIpc) is 3.06. The van der Waals surface area contributed by atoms with Crippen LogP contribution in [0.2, 0.25) is 0 Å². The summed E-state index contributed by atoms with van der Waals surface area (Å²) in [5.74, 6) is -0.0687. The maximum absolute atomic E-state index is 13.3. The van der Waals surface area contributed by atoms with Crippen molar-refractivity contribution in [2.45, 2.75) is 45.6 Å². The van der Waals surface area contributed by atoms with Gasteiger partial charge < -0.3 is 5.32 Å². The highest BCUT2D eigenvalue weighted by molar-refractivity contribution is 6.07. The predicted molar refractivity (Wildman–Crippen MR) is 121 cm³/mol. The molecule has 1 aromatic carbocycles. The van der Waals surface area contributed by atoms with Gasteiger partial charge in [-0.25, -0.2) is 4.98 Å². The van der Waals surface area contributed by atoms with E-state index >= 15 is 0 Å². The maximum Gasteiger partial charge on any atom is 0.252 e. The number of fused-ring (bicyclic) bond motifs is 1. The number of pyridine rings is 1. The Balaban J connectivity index is 1.66. The SMILES string of the molecule is Cc1nn(C)c2nc(-c3ccccc3)cc(C(=O)NCC(C)(C)N3CCCCC3)c12. The minimum absolute atomic E-state index is 0.0687. The van der Waals surface area contributed by atoms with E-state index in [0.717, 1.165) is 41.1 Å². The molecule has 0 radical (unpaired) electrons. The predicted octanol–water partition coefficient (Wildman–Crippen LogP) is 3.94. The van der Waals surface area contributed by atoms with Crippen LogP contribution in [0.1, 0.15) is 49.2 Å². The zero-order valence-electron chi connectivity index (χ0n) is 18.4. The smallest absolute Gasteiger partial charge is 0.252 e. The van der Waals surface area contributed by atoms with Gasteiger partial charge in [0.2, 0.25) is 0 Å². The van der Waals surface area contributed by atoms with Crippen LogP contribution >= 0.6 is 0 Å². The second-order valence-corrected chi connectivity index (χ2v) is 8.87. The molecule has 1 N–H and O–H groups in total. The lowest BCUT2D eigenvalue weighted by Gasteiger charge is -2.41. The summed E-state index contributed by atoms with van der Waals surface area (Å²) < 4.78 is 1.76. The fourth-order valence-corrected chi connectivity index (χ4v) is 4.38. The summed E-state index contributed by atoms with van der Waals surface area (Å²) in [6.45, 7) is 9.16. The van der Waals surface area contributed by atoms with Crippen molar-refractivity contribution in [2.75, 3.05) is 19.6 Å². The molecule has 1 saturated heterocycles. The van der Waals surface area contributed by atoms with E-state index < -0.39 is 0 Å². The molecule has 1 aliphatic rings. The van der Waals surface area contributed by atoms with Gasteiger partial charge in [0.25, 0.3) is 5.91 Å². The Kier molecular flexibility index (Phi) is 5.60. The average molecular weight is 406 g/mol. The van der Waals surface area contributed by atoms with Gasteiger partial charge in [-0.15, -0.1) is 0 Å². The van der Waals surface area contributed by atoms with Gasteiger partial charge in [-0.05, 0) is 52.8 Å². The number of carbonyl (C=O) groups is 1. The van der Waals surface area contributed by atoms with Crippen LogP contribution in [0, 0.1) is 6.92 Å². The van der Waals surface area contributed by atoms with Crippen molar-refractivity contribution in [3.05, 3.63) is 47.7 Å². The highest BCUT2D eigenvalue weighted by Gasteiger charge is 2.29. The van der Waals surface area contributed by atoms with E-state index in [9.17, 15) is 4.79 Å². The lowest BCUT2D eigenvalue weighted by molar-refractivity contribution is 0.0798. The molecular weight excluding hydrogens is 374 g/mol. The van der Waals surface area contributed by atoms with Gasteiger partial charge in [-0.1, -0.05) is 36.8 Å². The molecule has 30 heavy (non-hydrogen) atoms. The van der Waals surface area contributed by atoms with Gasteiger partial charge in [-0.3, -0.25) is 14.4 Å². The van der Waals surface area contributed by atoms with Crippen LogP contribution < -0.4 is 5.32 Å². The van der Waals surface area contributed by atoms with Crippen LogP contribution in [0.25, 0.3) is 22.3 Å². The van der Waals surface area contributed by atoms with E-state index in [2.05, 4.69) is 29.2 Å². The van der Waals surface area contributed by atoms with E-state index in [1.165, 1.54) is 19.3 Å². The van der Waals surface area contributed by atoms with Crippen LogP contribution in [0.5, 0.6) is 0 Å². The Morgan fingerprint density at radius 1 is 1.13 bits per heavy atom. The van der Waals surface area contributed by atoms with Crippen molar-refractivity contribution < 1.29 is 4.79 Å². The minimum atomic E-state index is -0.0749. The van der Waals surface area contributed by atoms with Crippen molar-refractivity contribution in [1.82, 2.24) is 25.0 Å². The molecular formula is C24H31N5O. The van der Waals surface area contributed by atoms with Gasteiger partial charge in [0.05, 0.1) is 22.3 Å². The molecule has 3 heterocycles. The van der Waals surface area contributed by atoms with Crippen molar-refractivity contribution >= 4 is 16.9 Å². The Bertz CT molecular complexity index is 1050. The third-order valence-corrected chi connectivity index (χ3v) is 6.18. The normalized spacial score (nSPS) is 15.5. The molecule has 1 fully saturated rings. The third kappa shape index (κ3) is 3.97. The number of benzene rings is 1. The van der Waals surface area contributed by atoms with Crippen LogP contribution in [0.4, 0.5) is 0 Å². The second kappa shape index (κ2) is 8.19. The van der Waals surface area contributed by atoms with E-state index in [4.69, 9.17) is 4.98 Å². The molecule has 0 bridgehead atoms. The van der Waals surface area contributed by atoms with Crippen LogP contribution in [0.15, 0.2) is 36.4 Å². The molecule has 0 spiro atoms. The second-order valence-electron chi connectivity index (χ2n) is 8.87. The van der Waals surface area contributed by atoms with E-state index in [1.807, 2.05) is 50.4 Å². The molecule has 1 aliphatic heterocycles. The largest absolute Gasteiger partial charge is 0.350 e. The van der Waals surface area contributed by atoms with Gasteiger partial charge in [0, 0.05) is 24.7 Å². The van der Waals surface area contributed by atoms with E-state index in [1.54, 1.807) is 4.68 Å². The van der Waals surface area contributed by atoms with Crippen LogP contribution in [-0.2, 0) is 7.05 Å². The monoisotopic (exact) mass is 405 g/mol. The van der Waals surface area contributed by atoms with Crippen molar-refractivity contribution in [3.63, 3.8) is 0 Å². The highest BCUT2D eigenvalue weighted by Crippen LogP contribution is 2.27. The Morgan fingerprint density at radius 2 is 1.83 bits per heavy atom. The summed E-state index contributed by atoms with van der Waals surface area (Å²) >= 11 is 0. The lowest BCUT2D eigenvalue weighted by atomic mass is 9.98. The minimum Gasteiger partial charge on any atom is -0.350 e. The number of aromatic nitrogens is 3. The number of likely N-dealkylation sites (tertiary alicyclic amines) is 1. The molecule has 4 rings (SSSR count). The molecule has 6 heteroatoms. The zero-order chi connectivity index (χ0) is 21.3. The fraction of sp³-hybridized carbons (Fsp3) is 0.458. The molecule has 3 aromatic rings. The fourth-order valence-electron chi connectivity index (χ4n) is 4.38. The lowest BCUT2D eigenvalue weighted by Crippen LogP contribution is -2.53. The first kappa shape index (κ1) is 20.5. The first-order chi connectivity index (χ1) is 14.4. The van der Waals surface area contributed by atoms with Gasteiger partial charge in [0.1, 0.15) is 0 Å². The number of rotatable bonds is 5. The number of piperidine rings is 1. The number of amides is 1. The topological polar surface area (TPSA) is 63.1 Å². The van der Waals surface area contributed by atoms with Crippen molar-refractivity contribution in [3.8, 4) is 11.3 Å². The van der Waals surface area contributed by atoms with Crippen LogP contribution in [0.3, 0.4) is 0 Å². The van der Waals surface area contributed by atoms with Gasteiger partial charge >= 0.3 is 0 Å². The number of hydrogen-bond acceptors (Lipinski definition) is 4. The molecule has 158 valence electrons. The first-order valence-corrected chi connectivity index (χ1v) is 10.8. The summed E-state index contributed by atoms with van der Waals surface area (Å²) in [7, 11) is 1.87. The molecule has 0 saturated carbocycles. The number of hydrogen-bond donors (Lipinski definition) is 1. The first-order valence-electron chi connectivity index (χ1n) is 10.8. The molecule has 6 nitrogen and oxygen atoms in total. The molecule has 2 aromatic heterocycles. The molecule has 0 unspecified atom stereocenters. The van der Waals surface area contributed by atoms with Crippen LogP contribution in [-0.4, -0.2) is 50.7 Å². The van der Waals surface area contributed by atoms with Gasteiger partial charge in [0.15, 0.2) is 5.65 Å². The number of aryl methyl sites for hydroxylation is 2. The Hall–Kier alpha value is -2.73. The quantitative estimate of drug-likeness (QED) is 0.698. The van der Waals surface area contributed by atoms with E-state index in [-0.39, 0.29) is 11.4 Å².